The Morgan fingerprint density at radius 3 is 2.52 bits per heavy atom. The topological polar surface area (TPSA) is 63.5 Å². The summed E-state index contributed by atoms with van der Waals surface area (Å²) in [6.45, 7) is 1.50. The lowest BCUT2D eigenvalue weighted by Gasteiger charge is -2.06. The smallest absolute Gasteiger partial charge is 0.255 e. The van der Waals surface area contributed by atoms with Crippen LogP contribution in [0.4, 0.5) is 5.69 Å². The fourth-order valence-electron chi connectivity index (χ4n) is 2.89. The molecule has 5 heteroatoms. The van der Waals surface area contributed by atoms with Crippen molar-refractivity contribution in [2.24, 2.45) is 0 Å². The van der Waals surface area contributed by atoms with Crippen molar-refractivity contribution >= 4 is 23.0 Å². The summed E-state index contributed by atoms with van der Waals surface area (Å²) in [4.78, 5) is 28.7. The lowest BCUT2D eigenvalue weighted by Crippen LogP contribution is -2.12. The largest absolute Gasteiger partial charge is 0.322 e. The van der Waals surface area contributed by atoms with E-state index in [0.29, 0.717) is 22.5 Å². The lowest BCUT2D eigenvalue weighted by molar-refractivity contribution is 0.101. The first-order valence-corrected chi connectivity index (χ1v) is 8.57. The molecule has 2 aromatic carbocycles. The van der Waals surface area contributed by atoms with E-state index in [1.165, 1.54) is 6.92 Å². The van der Waals surface area contributed by atoms with Crippen LogP contribution in [0.25, 0.3) is 16.9 Å². The van der Waals surface area contributed by atoms with E-state index in [0.717, 1.165) is 11.3 Å². The summed E-state index contributed by atoms with van der Waals surface area (Å²) in [5.74, 6) is -0.291. The third kappa shape index (κ3) is 3.48. The Kier molecular flexibility index (Phi) is 4.26. The van der Waals surface area contributed by atoms with E-state index in [-0.39, 0.29) is 11.7 Å². The van der Waals surface area contributed by atoms with Gasteiger partial charge in [0.1, 0.15) is 5.65 Å². The van der Waals surface area contributed by atoms with Gasteiger partial charge >= 0.3 is 0 Å². The molecule has 4 aromatic rings. The molecule has 0 bridgehead atoms. The first-order valence-electron chi connectivity index (χ1n) is 8.57. The second-order valence-electron chi connectivity index (χ2n) is 6.26. The van der Waals surface area contributed by atoms with Crippen LogP contribution in [0.2, 0.25) is 0 Å². The lowest BCUT2D eigenvalue weighted by atomic mass is 10.1. The highest BCUT2D eigenvalue weighted by Crippen LogP contribution is 2.20. The van der Waals surface area contributed by atoms with Crippen molar-refractivity contribution in [3.8, 4) is 11.3 Å². The van der Waals surface area contributed by atoms with Crippen LogP contribution < -0.4 is 5.32 Å². The van der Waals surface area contributed by atoms with E-state index in [4.69, 9.17) is 0 Å². The van der Waals surface area contributed by atoms with Crippen LogP contribution in [-0.2, 0) is 0 Å². The molecule has 0 spiro atoms. The van der Waals surface area contributed by atoms with E-state index < -0.39 is 0 Å². The molecule has 0 atom stereocenters. The van der Waals surface area contributed by atoms with Gasteiger partial charge < -0.3 is 9.72 Å². The van der Waals surface area contributed by atoms with Crippen LogP contribution in [0.3, 0.4) is 0 Å². The molecular weight excluding hydrogens is 338 g/mol. The predicted octanol–water partition coefficient (Wildman–Crippen LogP) is 4.46. The molecule has 0 fully saturated rings. The Balaban J connectivity index is 1.61. The fraction of sp³-hybridized carbons (Fsp3) is 0.0455. The van der Waals surface area contributed by atoms with Crippen LogP contribution in [0.5, 0.6) is 0 Å². The van der Waals surface area contributed by atoms with Gasteiger partial charge in [0.2, 0.25) is 0 Å². The number of fused-ring (bicyclic) bond motifs is 1. The van der Waals surface area contributed by atoms with Gasteiger partial charge in [-0.05, 0) is 31.2 Å². The fourth-order valence-corrected chi connectivity index (χ4v) is 2.89. The van der Waals surface area contributed by atoms with Crippen LogP contribution in [-0.4, -0.2) is 21.1 Å². The first-order chi connectivity index (χ1) is 13.1. The number of carbonyl (C=O) groups excluding carboxylic acids is 2. The monoisotopic (exact) mass is 355 g/mol. The molecule has 4 rings (SSSR count). The maximum absolute atomic E-state index is 12.6. The zero-order valence-electron chi connectivity index (χ0n) is 14.7. The number of rotatable bonds is 4. The quantitative estimate of drug-likeness (QED) is 0.550. The Bertz CT molecular complexity index is 1150. The first kappa shape index (κ1) is 16.7. The molecule has 0 saturated heterocycles. The number of amides is 1. The molecule has 0 aliphatic carbocycles. The van der Waals surface area contributed by atoms with Gasteiger partial charge in [-0.15, -0.1) is 0 Å². The van der Waals surface area contributed by atoms with Crippen molar-refractivity contribution in [1.82, 2.24) is 9.38 Å². The zero-order chi connectivity index (χ0) is 18.8. The summed E-state index contributed by atoms with van der Waals surface area (Å²) in [6, 6.07) is 20.3. The van der Waals surface area contributed by atoms with Crippen LogP contribution in [0.15, 0.2) is 79.1 Å². The van der Waals surface area contributed by atoms with Crippen LogP contribution in [0.1, 0.15) is 27.6 Å². The maximum Gasteiger partial charge on any atom is 0.255 e. The molecule has 1 N–H and O–H groups in total. The summed E-state index contributed by atoms with van der Waals surface area (Å²) in [7, 11) is 0. The number of hydrogen-bond acceptors (Lipinski definition) is 3. The van der Waals surface area contributed by atoms with Gasteiger partial charge in [0.25, 0.3) is 5.91 Å². The normalized spacial score (nSPS) is 10.7. The molecule has 2 heterocycles. The second kappa shape index (κ2) is 6.88. The molecular formula is C22H17N3O2. The molecule has 5 nitrogen and oxygen atoms in total. The summed E-state index contributed by atoms with van der Waals surface area (Å²) >= 11 is 0. The molecule has 0 unspecified atom stereocenters. The van der Waals surface area contributed by atoms with Gasteiger partial charge in [-0.2, -0.15) is 0 Å². The number of benzene rings is 2. The van der Waals surface area contributed by atoms with E-state index in [2.05, 4.69) is 10.3 Å². The van der Waals surface area contributed by atoms with Crippen molar-refractivity contribution in [2.75, 3.05) is 5.32 Å². The minimum Gasteiger partial charge on any atom is -0.322 e. The standard InChI is InChI=1S/C22H17N3O2/c1-15(26)17-8-5-9-19(12-17)23-22(27)18-10-11-25-14-20(24-21(25)13-18)16-6-3-2-4-7-16/h2-14H,1H3,(H,23,27). The minimum atomic E-state index is -0.248. The average Bonchev–Trinajstić information content (AvgIpc) is 3.12. The number of ketones is 1. The van der Waals surface area contributed by atoms with Gasteiger partial charge in [-0.1, -0.05) is 42.5 Å². The molecule has 1 amide bonds. The van der Waals surface area contributed by atoms with Crippen molar-refractivity contribution in [1.29, 1.82) is 0 Å². The predicted molar refractivity (Wildman–Crippen MR) is 105 cm³/mol. The Labute approximate surface area is 156 Å². The Morgan fingerprint density at radius 2 is 1.74 bits per heavy atom. The molecule has 0 aliphatic heterocycles. The number of hydrogen-bond donors (Lipinski definition) is 1. The number of imidazole rings is 1. The molecule has 27 heavy (non-hydrogen) atoms. The Hall–Kier alpha value is -3.73. The second-order valence-corrected chi connectivity index (χ2v) is 6.26. The Morgan fingerprint density at radius 1 is 0.926 bits per heavy atom. The average molecular weight is 355 g/mol. The van der Waals surface area contributed by atoms with Gasteiger partial charge in [-0.25, -0.2) is 4.98 Å². The highest BCUT2D eigenvalue weighted by molar-refractivity contribution is 6.05. The number of aromatic nitrogens is 2. The number of nitrogens with zero attached hydrogens (tertiary/aromatic N) is 2. The SMILES string of the molecule is CC(=O)c1cccc(NC(=O)c2ccn3cc(-c4ccccc4)nc3c2)c1. The van der Waals surface area contributed by atoms with Crippen molar-refractivity contribution in [3.63, 3.8) is 0 Å². The third-order valence-corrected chi connectivity index (χ3v) is 4.32. The number of anilines is 1. The number of Topliss-reactive ketones (excluding diaryl/α,β-unsaturated/α-hetero) is 1. The molecule has 0 radical (unpaired) electrons. The van der Waals surface area contributed by atoms with Crippen molar-refractivity contribution in [3.05, 3.63) is 90.3 Å². The zero-order valence-corrected chi connectivity index (χ0v) is 14.7. The molecule has 0 saturated carbocycles. The number of pyridine rings is 1. The highest BCUT2D eigenvalue weighted by Gasteiger charge is 2.10. The van der Waals surface area contributed by atoms with E-state index in [9.17, 15) is 9.59 Å². The van der Waals surface area contributed by atoms with Gasteiger partial charge in [0.05, 0.1) is 5.69 Å². The van der Waals surface area contributed by atoms with Gasteiger partial charge in [0.15, 0.2) is 5.78 Å². The highest BCUT2D eigenvalue weighted by atomic mass is 16.1. The summed E-state index contributed by atoms with van der Waals surface area (Å²) in [5.41, 5.74) is 4.21. The summed E-state index contributed by atoms with van der Waals surface area (Å²) in [6.07, 6.45) is 3.75. The number of nitrogens with one attached hydrogen (secondary N) is 1. The maximum atomic E-state index is 12.6. The van der Waals surface area contributed by atoms with Gasteiger partial charge in [-0.3, -0.25) is 9.59 Å². The molecule has 0 aliphatic rings. The van der Waals surface area contributed by atoms with Gasteiger partial charge in [0, 0.05) is 34.8 Å². The van der Waals surface area contributed by atoms with E-state index >= 15 is 0 Å². The molecule has 132 valence electrons. The van der Waals surface area contributed by atoms with E-state index in [1.807, 2.05) is 47.1 Å². The minimum absolute atomic E-state index is 0.0432. The third-order valence-electron chi connectivity index (χ3n) is 4.32. The van der Waals surface area contributed by atoms with Crippen LogP contribution >= 0.6 is 0 Å². The van der Waals surface area contributed by atoms with Crippen LogP contribution in [0, 0.1) is 0 Å². The summed E-state index contributed by atoms with van der Waals surface area (Å²) in [5, 5.41) is 2.83. The van der Waals surface area contributed by atoms with E-state index in [1.54, 1.807) is 36.4 Å². The van der Waals surface area contributed by atoms with Crippen molar-refractivity contribution < 1.29 is 9.59 Å². The molecule has 2 aromatic heterocycles. The number of carbonyl (C=O) groups is 2. The summed E-state index contributed by atoms with van der Waals surface area (Å²) < 4.78 is 1.88. The van der Waals surface area contributed by atoms with Crippen molar-refractivity contribution in [2.45, 2.75) is 6.92 Å².